The van der Waals surface area contributed by atoms with Crippen molar-refractivity contribution in [1.29, 1.82) is 0 Å². The lowest BCUT2D eigenvalue weighted by molar-refractivity contribution is -0.125. The molecule has 1 aromatic heterocycles. The third-order valence-corrected chi connectivity index (χ3v) is 8.89. The summed E-state index contributed by atoms with van der Waals surface area (Å²) in [6, 6.07) is 2.45. The zero-order valence-electron chi connectivity index (χ0n) is 17.4. The van der Waals surface area contributed by atoms with Gasteiger partial charge in [0.15, 0.2) is 0 Å². The van der Waals surface area contributed by atoms with Crippen molar-refractivity contribution in [3.63, 3.8) is 0 Å². The Bertz CT molecular complexity index is 753. The maximum Gasteiger partial charge on any atom is 0.250 e. The van der Waals surface area contributed by atoms with Crippen LogP contribution >= 0.6 is 11.3 Å². The zero-order valence-corrected chi connectivity index (χ0v) is 19.0. The summed E-state index contributed by atoms with van der Waals surface area (Å²) >= 11 is 1.15. The van der Waals surface area contributed by atoms with Crippen LogP contribution in [0.1, 0.15) is 46.0 Å². The van der Waals surface area contributed by atoms with Gasteiger partial charge in [0.05, 0.1) is 13.2 Å². The van der Waals surface area contributed by atoms with Crippen LogP contribution in [0.5, 0.6) is 0 Å². The molecule has 1 amide bonds. The van der Waals surface area contributed by atoms with Gasteiger partial charge in [0.2, 0.25) is 5.91 Å². The van der Waals surface area contributed by atoms with Gasteiger partial charge in [-0.25, -0.2) is 8.42 Å². The second kappa shape index (κ2) is 9.87. The van der Waals surface area contributed by atoms with Crippen molar-refractivity contribution in [2.45, 2.75) is 61.7 Å². The largest absolute Gasteiger partial charge is 0.379 e. The Balaban J connectivity index is 1.68. The van der Waals surface area contributed by atoms with Gasteiger partial charge in [0, 0.05) is 25.2 Å². The van der Waals surface area contributed by atoms with E-state index in [-0.39, 0.29) is 21.6 Å². The van der Waals surface area contributed by atoms with Crippen molar-refractivity contribution < 1.29 is 17.9 Å². The van der Waals surface area contributed by atoms with Gasteiger partial charge in [-0.15, -0.1) is 11.3 Å². The molecule has 1 aromatic rings. The summed E-state index contributed by atoms with van der Waals surface area (Å²) in [5.41, 5.74) is -0.0498. The number of nitrogens with zero attached hydrogens (tertiary/aromatic N) is 1. The van der Waals surface area contributed by atoms with Crippen LogP contribution in [0.25, 0.3) is 0 Å². The molecular weight excluding hydrogens is 410 g/mol. The van der Waals surface area contributed by atoms with Crippen molar-refractivity contribution in [1.82, 2.24) is 14.9 Å². The number of amides is 1. The average molecular weight is 444 g/mol. The van der Waals surface area contributed by atoms with Crippen LogP contribution in [0.2, 0.25) is 0 Å². The highest BCUT2D eigenvalue weighted by atomic mass is 32.2. The van der Waals surface area contributed by atoms with Gasteiger partial charge in [0.1, 0.15) is 10.3 Å². The summed E-state index contributed by atoms with van der Waals surface area (Å²) in [7, 11) is -3.70. The number of nitrogens with one attached hydrogen (secondary N) is 2. The maximum absolute atomic E-state index is 13.0. The Kier molecular flexibility index (Phi) is 7.72. The third-order valence-electron chi connectivity index (χ3n) is 6.05. The van der Waals surface area contributed by atoms with Crippen molar-refractivity contribution in [2.75, 3.05) is 32.8 Å². The van der Waals surface area contributed by atoms with Crippen LogP contribution in [-0.2, 0) is 19.6 Å². The predicted molar refractivity (Wildman–Crippen MR) is 114 cm³/mol. The maximum atomic E-state index is 13.0. The number of thiophene rings is 1. The molecule has 0 spiro atoms. The summed E-state index contributed by atoms with van der Waals surface area (Å²) in [5.74, 6) is -0.409. The lowest BCUT2D eigenvalue weighted by Crippen LogP contribution is -2.61. The van der Waals surface area contributed by atoms with E-state index in [4.69, 9.17) is 4.74 Å². The smallest absolute Gasteiger partial charge is 0.250 e. The van der Waals surface area contributed by atoms with Gasteiger partial charge in [-0.1, -0.05) is 39.2 Å². The molecule has 3 rings (SSSR count). The minimum atomic E-state index is -3.70. The van der Waals surface area contributed by atoms with Crippen molar-refractivity contribution in [2.24, 2.45) is 5.92 Å². The first-order chi connectivity index (χ1) is 13.8. The molecule has 2 aliphatic rings. The number of carbonyl (C=O) groups excluding carboxylic acids is 1. The Morgan fingerprint density at radius 2 is 1.93 bits per heavy atom. The molecule has 0 unspecified atom stereocenters. The fourth-order valence-corrected chi connectivity index (χ4v) is 6.70. The molecule has 164 valence electrons. The summed E-state index contributed by atoms with van der Waals surface area (Å²) in [6.45, 7) is 7.49. The van der Waals surface area contributed by atoms with Gasteiger partial charge in [-0.2, -0.15) is 4.72 Å². The number of hydrogen-bond acceptors (Lipinski definition) is 6. The van der Waals surface area contributed by atoms with E-state index in [0.717, 1.165) is 63.3 Å². The van der Waals surface area contributed by atoms with Gasteiger partial charge in [-0.3, -0.25) is 9.69 Å². The quantitative estimate of drug-likeness (QED) is 0.643. The fraction of sp³-hybridized carbons (Fsp3) is 0.750. The van der Waals surface area contributed by atoms with Crippen LogP contribution in [0.15, 0.2) is 21.7 Å². The molecule has 1 atom stereocenters. The van der Waals surface area contributed by atoms with Crippen molar-refractivity contribution >= 4 is 27.3 Å². The molecular formula is C20H33N3O4S2. The molecule has 2 heterocycles. The van der Waals surface area contributed by atoms with Crippen LogP contribution in [-0.4, -0.2) is 63.7 Å². The van der Waals surface area contributed by atoms with Gasteiger partial charge in [-0.05, 0) is 30.2 Å². The Hall–Kier alpha value is -1.00. The minimum absolute atomic E-state index is 0.0498. The van der Waals surface area contributed by atoms with Crippen LogP contribution in [0, 0.1) is 5.92 Å². The number of ether oxygens (including phenoxy) is 1. The molecule has 9 heteroatoms. The van der Waals surface area contributed by atoms with E-state index in [9.17, 15) is 13.2 Å². The van der Waals surface area contributed by atoms with E-state index in [2.05, 4.69) is 14.9 Å². The summed E-state index contributed by atoms with van der Waals surface area (Å²) in [5, 5.41) is 4.81. The van der Waals surface area contributed by atoms with Crippen LogP contribution in [0.3, 0.4) is 0 Å². The molecule has 7 nitrogen and oxygen atoms in total. The van der Waals surface area contributed by atoms with Crippen molar-refractivity contribution in [3.8, 4) is 0 Å². The fourth-order valence-electron chi connectivity index (χ4n) is 4.35. The van der Waals surface area contributed by atoms with E-state index in [1.165, 1.54) is 6.42 Å². The second-order valence-corrected chi connectivity index (χ2v) is 11.3. The number of rotatable bonds is 8. The molecule has 0 radical (unpaired) electrons. The lowest BCUT2D eigenvalue weighted by atomic mass is 9.79. The van der Waals surface area contributed by atoms with Gasteiger partial charge in [0.25, 0.3) is 10.0 Å². The summed E-state index contributed by atoms with van der Waals surface area (Å²) in [6.07, 6.45) is 5.66. The summed E-state index contributed by atoms with van der Waals surface area (Å²) < 4.78 is 33.6. The molecule has 1 saturated carbocycles. The average Bonchev–Trinajstić information content (AvgIpc) is 3.27. The van der Waals surface area contributed by atoms with Crippen LogP contribution in [0.4, 0.5) is 0 Å². The molecule has 0 bridgehead atoms. The molecule has 2 N–H and O–H groups in total. The van der Waals surface area contributed by atoms with E-state index in [0.29, 0.717) is 6.54 Å². The standard InChI is InChI=1S/C20H33N3O4S2/c1-16(2)18(22-29(25,26)17-7-6-14-28-17)19(24)21-15-20(8-4-3-5-9-20)23-10-12-27-13-11-23/h6-7,14,16,18,22H,3-5,8-13,15H2,1-2H3,(H,21,24)/t18-/m0/s1. The second-order valence-electron chi connectivity index (χ2n) is 8.38. The first-order valence-electron chi connectivity index (χ1n) is 10.5. The highest BCUT2D eigenvalue weighted by Crippen LogP contribution is 2.34. The van der Waals surface area contributed by atoms with Crippen molar-refractivity contribution in [3.05, 3.63) is 17.5 Å². The first-order valence-corrected chi connectivity index (χ1v) is 12.9. The first kappa shape index (κ1) is 22.7. The van der Waals surface area contributed by atoms with E-state index >= 15 is 0 Å². The number of hydrogen-bond donors (Lipinski definition) is 2. The monoisotopic (exact) mass is 443 g/mol. The number of morpholine rings is 1. The minimum Gasteiger partial charge on any atom is -0.379 e. The third kappa shape index (κ3) is 5.58. The Labute approximate surface area is 178 Å². The van der Waals surface area contributed by atoms with E-state index in [1.54, 1.807) is 17.5 Å². The number of sulfonamides is 1. The molecule has 1 aliphatic heterocycles. The van der Waals surface area contributed by atoms with E-state index < -0.39 is 16.1 Å². The topological polar surface area (TPSA) is 87.7 Å². The number of carbonyl (C=O) groups is 1. The molecule has 1 saturated heterocycles. The highest BCUT2D eigenvalue weighted by Gasteiger charge is 2.39. The van der Waals surface area contributed by atoms with Gasteiger partial charge < -0.3 is 10.1 Å². The Morgan fingerprint density at radius 1 is 1.24 bits per heavy atom. The van der Waals surface area contributed by atoms with E-state index in [1.807, 2.05) is 13.8 Å². The SMILES string of the molecule is CC(C)[C@H](NS(=O)(=O)c1cccs1)C(=O)NCC1(N2CCOCC2)CCCCC1. The van der Waals surface area contributed by atoms with Gasteiger partial charge >= 0.3 is 0 Å². The lowest BCUT2D eigenvalue weighted by Gasteiger charge is -2.48. The summed E-state index contributed by atoms with van der Waals surface area (Å²) in [4.78, 5) is 15.5. The zero-order chi connectivity index (χ0) is 20.9. The Morgan fingerprint density at radius 3 is 2.52 bits per heavy atom. The normalized spacial score (nSPS) is 21.8. The highest BCUT2D eigenvalue weighted by molar-refractivity contribution is 7.91. The molecule has 2 fully saturated rings. The molecule has 29 heavy (non-hydrogen) atoms. The van der Waals surface area contributed by atoms with Crippen LogP contribution < -0.4 is 10.0 Å². The molecule has 1 aliphatic carbocycles. The predicted octanol–water partition coefficient (Wildman–Crippen LogP) is 2.20. The molecule has 0 aromatic carbocycles.